The van der Waals surface area contributed by atoms with Crippen LogP contribution in [0.25, 0.3) is 33.2 Å². The number of methoxy groups -OCH3 is 1. The quantitative estimate of drug-likeness (QED) is 0.361. The number of halogens is 1. The van der Waals surface area contributed by atoms with Crippen molar-refractivity contribution in [2.24, 2.45) is 5.10 Å². The van der Waals surface area contributed by atoms with E-state index in [2.05, 4.69) is 26.0 Å². The van der Waals surface area contributed by atoms with Crippen molar-refractivity contribution < 1.29 is 4.74 Å². The number of rotatable bonds is 5. The molecule has 0 fully saturated rings. The first-order chi connectivity index (χ1) is 15.2. The molecule has 0 unspecified atom stereocenters. The Morgan fingerprint density at radius 3 is 2.68 bits per heavy atom. The molecule has 0 aliphatic rings. The largest absolute Gasteiger partial charge is 0.383 e. The van der Waals surface area contributed by atoms with E-state index in [9.17, 15) is 4.79 Å². The number of benzene rings is 2. The second-order valence-electron chi connectivity index (χ2n) is 6.93. The van der Waals surface area contributed by atoms with Crippen molar-refractivity contribution in [3.63, 3.8) is 0 Å². The summed E-state index contributed by atoms with van der Waals surface area (Å²) in [6.45, 7) is 0.800. The third kappa shape index (κ3) is 3.51. The molecule has 0 N–H and O–H groups in total. The van der Waals surface area contributed by atoms with Crippen LogP contribution in [0, 0.1) is 0 Å². The summed E-state index contributed by atoms with van der Waals surface area (Å²) < 4.78 is 9.15. The molecule has 0 bridgehead atoms. The molecule has 154 valence electrons. The Morgan fingerprint density at radius 1 is 1.10 bits per heavy atom. The molecule has 0 saturated heterocycles. The lowest BCUT2D eigenvalue weighted by molar-refractivity contribution is 0.186. The second-order valence-corrected chi connectivity index (χ2v) is 7.85. The molecule has 5 rings (SSSR count). The predicted octanol–water partition coefficient (Wildman–Crippen LogP) is 3.59. The molecule has 0 spiro atoms. The molecular weight excluding hydrogens is 460 g/mol. The Kier molecular flexibility index (Phi) is 5.05. The zero-order valence-corrected chi connectivity index (χ0v) is 18.2. The van der Waals surface area contributed by atoms with Gasteiger partial charge in [0.25, 0.3) is 5.56 Å². The second kappa shape index (κ2) is 8.01. The molecule has 0 aliphatic heterocycles. The predicted molar refractivity (Wildman–Crippen MR) is 124 cm³/mol. The van der Waals surface area contributed by atoms with Crippen molar-refractivity contribution in [1.82, 2.24) is 24.2 Å². The van der Waals surface area contributed by atoms with E-state index >= 15 is 0 Å². The van der Waals surface area contributed by atoms with Crippen molar-refractivity contribution in [2.75, 3.05) is 13.7 Å². The zero-order valence-electron chi connectivity index (χ0n) is 16.6. The van der Waals surface area contributed by atoms with Gasteiger partial charge in [0.05, 0.1) is 30.4 Å². The first kappa shape index (κ1) is 19.5. The van der Waals surface area contributed by atoms with Gasteiger partial charge in [-0.05, 0) is 29.8 Å². The molecule has 5 aromatic rings. The fourth-order valence-electron chi connectivity index (χ4n) is 3.42. The number of ether oxygens (including phenoxy) is 1. The van der Waals surface area contributed by atoms with Gasteiger partial charge in [-0.3, -0.25) is 9.36 Å². The van der Waals surface area contributed by atoms with Crippen molar-refractivity contribution in [1.29, 1.82) is 0 Å². The number of aromatic nitrogens is 5. The fraction of sp³-hybridized carbons (Fsp3) is 0.136. The van der Waals surface area contributed by atoms with E-state index in [-0.39, 0.29) is 5.56 Å². The van der Waals surface area contributed by atoms with Gasteiger partial charge in [0.15, 0.2) is 11.3 Å². The Hall–Kier alpha value is -3.43. The summed E-state index contributed by atoms with van der Waals surface area (Å²) in [5, 5.41) is 4.99. The van der Waals surface area contributed by atoms with Gasteiger partial charge in [0.2, 0.25) is 0 Å². The average molecular weight is 477 g/mol. The minimum atomic E-state index is -0.201. The van der Waals surface area contributed by atoms with E-state index in [0.717, 1.165) is 15.6 Å². The molecule has 9 heteroatoms. The Bertz CT molecular complexity index is 1520. The maximum atomic E-state index is 13.2. The van der Waals surface area contributed by atoms with Gasteiger partial charge in [-0.1, -0.05) is 40.2 Å². The third-order valence-electron chi connectivity index (χ3n) is 4.92. The van der Waals surface area contributed by atoms with Gasteiger partial charge in [0, 0.05) is 11.6 Å². The van der Waals surface area contributed by atoms with Crippen molar-refractivity contribution in [3.05, 3.63) is 75.2 Å². The van der Waals surface area contributed by atoms with Crippen LogP contribution in [0.5, 0.6) is 0 Å². The van der Waals surface area contributed by atoms with Crippen molar-refractivity contribution in [3.8, 4) is 0 Å². The van der Waals surface area contributed by atoms with E-state index in [4.69, 9.17) is 14.7 Å². The molecule has 8 nitrogen and oxygen atoms in total. The highest BCUT2D eigenvalue weighted by Crippen LogP contribution is 2.25. The molecule has 2 aromatic carbocycles. The normalized spacial score (nSPS) is 11.9. The minimum Gasteiger partial charge on any atom is -0.383 e. The SMILES string of the molecule is COCCn1cnc2c(c1=O)c1nc3ccccc3nc1n2/N=C\c1cccc(Br)c1. The molecule has 3 heterocycles. The van der Waals surface area contributed by atoms with E-state index in [1.165, 1.54) is 10.9 Å². The van der Waals surface area contributed by atoms with Gasteiger partial charge >= 0.3 is 0 Å². The highest BCUT2D eigenvalue weighted by molar-refractivity contribution is 9.10. The number of para-hydroxylation sites is 2. The first-order valence-corrected chi connectivity index (χ1v) is 10.4. The lowest BCUT2D eigenvalue weighted by atomic mass is 10.2. The van der Waals surface area contributed by atoms with Gasteiger partial charge < -0.3 is 4.74 Å². The molecule has 0 aliphatic carbocycles. The van der Waals surface area contributed by atoms with Crippen LogP contribution >= 0.6 is 15.9 Å². The zero-order chi connectivity index (χ0) is 21.4. The maximum Gasteiger partial charge on any atom is 0.265 e. The van der Waals surface area contributed by atoms with Crippen LogP contribution in [0.15, 0.2) is 69.2 Å². The fourth-order valence-corrected chi connectivity index (χ4v) is 3.84. The smallest absolute Gasteiger partial charge is 0.265 e. The summed E-state index contributed by atoms with van der Waals surface area (Å²) in [7, 11) is 1.59. The molecule has 31 heavy (non-hydrogen) atoms. The Balaban J connectivity index is 1.80. The molecule has 0 atom stereocenters. The van der Waals surface area contributed by atoms with Crippen molar-refractivity contribution in [2.45, 2.75) is 6.54 Å². The number of fused-ring (bicyclic) bond motifs is 4. The van der Waals surface area contributed by atoms with Gasteiger partial charge in [-0.25, -0.2) is 15.0 Å². The van der Waals surface area contributed by atoms with E-state index in [0.29, 0.717) is 40.9 Å². The van der Waals surface area contributed by atoms with Crippen molar-refractivity contribution >= 4 is 55.4 Å². The number of hydrogen-bond acceptors (Lipinski definition) is 6. The van der Waals surface area contributed by atoms with E-state index in [1.807, 2.05) is 48.5 Å². The summed E-state index contributed by atoms with van der Waals surface area (Å²) in [5.41, 5.74) is 3.49. The first-order valence-electron chi connectivity index (χ1n) is 9.61. The highest BCUT2D eigenvalue weighted by atomic mass is 79.9. The topological polar surface area (TPSA) is 87.2 Å². The molecule has 3 aromatic heterocycles. The van der Waals surface area contributed by atoms with Crippen LogP contribution in [0.2, 0.25) is 0 Å². The van der Waals surface area contributed by atoms with Gasteiger partial charge in [-0.2, -0.15) is 9.78 Å². The van der Waals surface area contributed by atoms with Crippen LogP contribution in [0.1, 0.15) is 5.56 Å². The monoisotopic (exact) mass is 476 g/mol. The summed E-state index contributed by atoms with van der Waals surface area (Å²) in [4.78, 5) is 27.2. The van der Waals surface area contributed by atoms with Gasteiger partial charge in [-0.15, -0.1) is 0 Å². The molecule has 0 saturated carbocycles. The van der Waals surface area contributed by atoms with Crippen LogP contribution in [-0.4, -0.2) is 44.1 Å². The molecule has 0 radical (unpaired) electrons. The average Bonchev–Trinajstić information content (AvgIpc) is 3.09. The van der Waals surface area contributed by atoms with Crippen LogP contribution in [0.4, 0.5) is 0 Å². The van der Waals surface area contributed by atoms with E-state index < -0.39 is 0 Å². The Morgan fingerprint density at radius 2 is 1.90 bits per heavy atom. The number of hydrogen-bond donors (Lipinski definition) is 0. The Labute approximate surface area is 185 Å². The summed E-state index contributed by atoms with van der Waals surface area (Å²) in [6.07, 6.45) is 3.21. The van der Waals surface area contributed by atoms with Crippen LogP contribution in [-0.2, 0) is 11.3 Å². The van der Waals surface area contributed by atoms with Gasteiger partial charge in [0.1, 0.15) is 17.2 Å². The summed E-state index contributed by atoms with van der Waals surface area (Å²) in [5.74, 6) is 0. The summed E-state index contributed by atoms with van der Waals surface area (Å²) >= 11 is 3.47. The van der Waals surface area contributed by atoms with Crippen LogP contribution < -0.4 is 5.56 Å². The van der Waals surface area contributed by atoms with Crippen LogP contribution in [0.3, 0.4) is 0 Å². The van der Waals surface area contributed by atoms with E-state index in [1.54, 1.807) is 18.0 Å². The minimum absolute atomic E-state index is 0.201. The summed E-state index contributed by atoms with van der Waals surface area (Å²) in [6, 6.07) is 15.3. The molecular formula is C22H17BrN6O2. The highest BCUT2D eigenvalue weighted by Gasteiger charge is 2.19. The molecule has 0 amide bonds. The third-order valence-corrected chi connectivity index (χ3v) is 5.41. The lowest BCUT2D eigenvalue weighted by Gasteiger charge is -2.04. The number of nitrogens with zero attached hydrogens (tertiary/aromatic N) is 6. The maximum absolute atomic E-state index is 13.2. The lowest BCUT2D eigenvalue weighted by Crippen LogP contribution is -2.22. The standard InChI is InChI=1S/C22H17BrN6O2/c1-31-10-9-28-13-24-20-18(22(28)30)19-21(27-17-8-3-2-7-16(17)26-19)29(20)25-12-14-5-4-6-15(23)11-14/h2-8,11-13H,9-10H2,1H3/b25-12-.